The van der Waals surface area contributed by atoms with E-state index in [1.54, 1.807) is 11.8 Å². The molecule has 27 heavy (non-hydrogen) atoms. The smallest absolute Gasteiger partial charge is 0.232 e. The van der Waals surface area contributed by atoms with E-state index in [0.717, 1.165) is 24.0 Å². The van der Waals surface area contributed by atoms with Gasteiger partial charge in [0.05, 0.1) is 18.1 Å². The topological polar surface area (TPSA) is 57.6 Å². The van der Waals surface area contributed by atoms with Gasteiger partial charge in [0.25, 0.3) is 0 Å². The first-order valence-electron chi connectivity index (χ1n) is 9.69. The molecule has 0 aliphatic carbocycles. The zero-order valence-electron chi connectivity index (χ0n) is 15.9. The predicted octanol–water partition coefficient (Wildman–Crippen LogP) is 3.74. The second-order valence-corrected chi connectivity index (χ2v) is 7.25. The molecule has 0 saturated carbocycles. The monoisotopic (exact) mass is 365 g/mol. The molecular formula is C23H27NO3. The molecule has 0 bridgehead atoms. The van der Waals surface area contributed by atoms with E-state index in [4.69, 9.17) is 0 Å². The van der Waals surface area contributed by atoms with Gasteiger partial charge < -0.3 is 10.0 Å². The van der Waals surface area contributed by atoms with Crippen LogP contribution in [0.5, 0.6) is 0 Å². The van der Waals surface area contributed by atoms with E-state index < -0.39 is 18.1 Å². The number of hydrogen-bond donors (Lipinski definition) is 1. The Hall–Kier alpha value is -2.46. The van der Waals surface area contributed by atoms with E-state index >= 15 is 0 Å². The molecule has 1 heterocycles. The Morgan fingerprint density at radius 2 is 1.56 bits per heavy atom. The molecule has 142 valence electrons. The number of aliphatic hydroxyl groups excluding tert-OH is 1. The molecule has 0 radical (unpaired) electrons. The van der Waals surface area contributed by atoms with E-state index in [9.17, 15) is 14.7 Å². The Bertz CT molecular complexity index is 733. The van der Waals surface area contributed by atoms with Crippen LogP contribution in [0.3, 0.4) is 0 Å². The van der Waals surface area contributed by atoms with Gasteiger partial charge in [-0.1, -0.05) is 74.0 Å². The molecule has 1 fully saturated rings. The predicted molar refractivity (Wildman–Crippen MR) is 105 cm³/mol. The number of aliphatic hydroxyl groups is 1. The number of likely N-dealkylation sites (tertiary alicyclic amines) is 1. The first-order chi connectivity index (χ1) is 13.1. The van der Waals surface area contributed by atoms with Gasteiger partial charge >= 0.3 is 0 Å². The average Bonchev–Trinajstić information content (AvgIpc) is 2.68. The number of unbranched alkanes of at least 4 members (excludes halogenated alkanes) is 1. The summed E-state index contributed by atoms with van der Waals surface area (Å²) in [5, 5.41) is 10.1. The number of Topliss-reactive ketones (excluding diaryl/α,β-unsaturated/α-hetero) is 1. The second-order valence-electron chi connectivity index (χ2n) is 7.25. The van der Waals surface area contributed by atoms with Crippen molar-refractivity contribution in [3.05, 3.63) is 71.8 Å². The third kappa shape index (κ3) is 3.81. The van der Waals surface area contributed by atoms with Crippen molar-refractivity contribution in [2.75, 3.05) is 0 Å². The van der Waals surface area contributed by atoms with E-state index in [1.807, 2.05) is 67.6 Å². The molecule has 0 spiro atoms. The maximum atomic E-state index is 13.0. The molecule has 2 aromatic rings. The Balaban J connectivity index is 2.01. The highest BCUT2D eigenvalue weighted by molar-refractivity contribution is 6.01. The summed E-state index contributed by atoms with van der Waals surface area (Å²) in [6, 6.07) is 18.7. The van der Waals surface area contributed by atoms with Crippen molar-refractivity contribution in [3.63, 3.8) is 0 Å². The third-order valence-corrected chi connectivity index (χ3v) is 5.31. The molecule has 4 nitrogen and oxygen atoms in total. The maximum Gasteiger partial charge on any atom is 0.232 e. The molecule has 3 atom stereocenters. The van der Waals surface area contributed by atoms with E-state index in [0.29, 0.717) is 6.42 Å². The summed E-state index contributed by atoms with van der Waals surface area (Å²) in [5.74, 6) is -0.763. The molecule has 4 heteroatoms. The molecule has 3 rings (SSSR count). The molecule has 1 amide bonds. The fraction of sp³-hybridized carbons (Fsp3) is 0.391. The van der Waals surface area contributed by atoms with Crippen LogP contribution in [0.15, 0.2) is 60.7 Å². The third-order valence-electron chi connectivity index (χ3n) is 5.31. The fourth-order valence-corrected chi connectivity index (χ4v) is 3.93. The molecule has 0 unspecified atom stereocenters. The number of carbonyl (C=O) groups excluding carboxylic acids is 2. The lowest BCUT2D eigenvalue weighted by atomic mass is 9.76. The van der Waals surface area contributed by atoms with Crippen molar-refractivity contribution in [3.8, 4) is 0 Å². The lowest BCUT2D eigenvalue weighted by molar-refractivity contribution is -0.172. The van der Waals surface area contributed by atoms with Gasteiger partial charge in [0.2, 0.25) is 5.91 Å². The molecular weight excluding hydrogens is 338 g/mol. The van der Waals surface area contributed by atoms with Crippen LogP contribution in [0.4, 0.5) is 0 Å². The van der Waals surface area contributed by atoms with Gasteiger partial charge in [0, 0.05) is 6.42 Å². The summed E-state index contributed by atoms with van der Waals surface area (Å²) in [7, 11) is 0. The second kappa shape index (κ2) is 8.49. The first-order valence-corrected chi connectivity index (χ1v) is 9.69. The van der Waals surface area contributed by atoms with Crippen LogP contribution in [-0.2, 0) is 9.59 Å². The highest BCUT2D eigenvalue weighted by Gasteiger charge is 2.55. The minimum atomic E-state index is -0.837. The summed E-state index contributed by atoms with van der Waals surface area (Å²) in [6.45, 7) is 3.64. The molecule has 1 aliphatic heterocycles. The summed E-state index contributed by atoms with van der Waals surface area (Å²) < 4.78 is 0. The zero-order valence-corrected chi connectivity index (χ0v) is 15.9. The fourth-order valence-electron chi connectivity index (χ4n) is 3.93. The molecule has 1 saturated heterocycles. The van der Waals surface area contributed by atoms with E-state index in [2.05, 4.69) is 0 Å². The van der Waals surface area contributed by atoms with E-state index in [-0.39, 0.29) is 17.7 Å². The SMILES string of the molecule is CCCCC(=O)[C@@H]1[C@@H]([C@@H](C)O)C(=O)N1C(c1ccccc1)c1ccccc1. The number of carbonyl (C=O) groups is 2. The van der Waals surface area contributed by atoms with Crippen LogP contribution in [0.1, 0.15) is 50.3 Å². The summed E-state index contributed by atoms with van der Waals surface area (Å²) in [5.41, 5.74) is 1.93. The van der Waals surface area contributed by atoms with Gasteiger partial charge in [-0.15, -0.1) is 0 Å². The van der Waals surface area contributed by atoms with Gasteiger partial charge in [0.15, 0.2) is 5.78 Å². The minimum Gasteiger partial charge on any atom is -0.392 e. The molecule has 2 aromatic carbocycles. The van der Waals surface area contributed by atoms with Gasteiger partial charge in [-0.3, -0.25) is 9.59 Å². The Kier molecular flexibility index (Phi) is 6.07. The van der Waals surface area contributed by atoms with E-state index in [1.165, 1.54) is 0 Å². The van der Waals surface area contributed by atoms with Crippen LogP contribution >= 0.6 is 0 Å². The Morgan fingerprint density at radius 3 is 2.00 bits per heavy atom. The standard InChI is InChI=1S/C23H27NO3/c1-3-4-15-19(26)22-20(16(2)25)23(27)24(22)21(17-11-7-5-8-12-17)18-13-9-6-10-14-18/h5-14,16,20-22,25H,3-4,15H2,1-2H3/t16-,20-,22-/m1/s1. The van der Waals surface area contributed by atoms with Gasteiger partial charge in [-0.2, -0.15) is 0 Å². The van der Waals surface area contributed by atoms with Gasteiger partial charge in [-0.25, -0.2) is 0 Å². The van der Waals surface area contributed by atoms with Crippen molar-refractivity contribution in [2.24, 2.45) is 5.92 Å². The average molecular weight is 365 g/mol. The number of benzene rings is 2. The number of β-lactam (4-membered cyclic amide) rings is 1. The number of nitrogens with zero attached hydrogens (tertiary/aromatic N) is 1. The Labute approximate surface area is 160 Å². The van der Waals surface area contributed by atoms with Crippen molar-refractivity contribution in [2.45, 2.75) is 51.3 Å². The van der Waals surface area contributed by atoms with Crippen LogP contribution in [0, 0.1) is 5.92 Å². The maximum absolute atomic E-state index is 13.0. The van der Waals surface area contributed by atoms with Crippen LogP contribution in [0.25, 0.3) is 0 Å². The van der Waals surface area contributed by atoms with Gasteiger partial charge in [-0.05, 0) is 24.5 Å². The molecule has 0 aromatic heterocycles. The van der Waals surface area contributed by atoms with Crippen LogP contribution in [-0.4, -0.2) is 33.8 Å². The summed E-state index contributed by atoms with van der Waals surface area (Å²) in [4.78, 5) is 27.6. The van der Waals surface area contributed by atoms with Crippen LogP contribution < -0.4 is 0 Å². The number of ketones is 1. The van der Waals surface area contributed by atoms with Gasteiger partial charge in [0.1, 0.15) is 6.04 Å². The zero-order chi connectivity index (χ0) is 19.4. The van der Waals surface area contributed by atoms with Crippen molar-refractivity contribution in [1.29, 1.82) is 0 Å². The van der Waals surface area contributed by atoms with Crippen LogP contribution in [0.2, 0.25) is 0 Å². The molecule has 1 N–H and O–H groups in total. The van der Waals surface area contributed by atoms with Crippen molar-refractivity contribution >= 4 is 11.7 Å². The normalized spacial score (nSPS) is 20.4. The number of hydrogen-bond acceptors (Lipinski definition) is 3. The summed E-state index contributed by atoms with van der Waals surface area (Å²) >= 11 is 0. The largest absolute Gasteiger partial charge is 0.392 e. The van der Waals surface area contributed by atoms with Crippen molar-refractivity contribution in [1.82, 2.24) is 4.90 Å². The first kappa shape index (κ1) is 19.3. The lowest BCUT2D eigenvalue weighted by Gasteiger charge is -2.51. The highest BCUT2D eigenvalue weighted by atomic mass is 16.3. The number of rotatable bonds is 8. The number of amides is 1. The molecule has 1 aliphatic rings. The minimum absolute atomic E-state index is 0.0409. The van der Waals surface area contributed by atoms with Crippen molar-refractivity contribution < 1.29 is 14.7 Å². The quantitative estimate of drug-likeness (QED) is 0.725. The lowest BCUT2D eigenvalue weighted by Crippen LogP contribution is -2.68. The summed E-state index contributed by atoms with van der Waals surface area (Å²) in [6.07, 6.45) is 1.32. The Morgan fingerprint density at radius 1 is 1.04 bits per heavy atom. The highest BCUT2D eigenvalue weighted by Crippen LogP contribution is 2.41.